The van der Waals surface area contributed by atoms with E-state index < -0.39 is 21.7 Å². The number of carbonyl (C=O) groups excluding carboxylic acids is 2. The lowest BCUT2D eigenvalue weighted by molar-refractivity contribution is -0.384. The summed E-state index contributed by atoms with van der Waals surface area (Å²) in [6.07, 6.45) is 1.81. The third-order valence-corrected chi connectivity index (χ3v) is 7.38. The first-order valence-electron chi connectivity index (χ1n) is 12.4. The number of imide groups is 1. The van der Waals surface area contributed by atoms with Gasteiger partial charge in [0.05, 0.1) is 38.2 Å². The van der Waals surface area contributed by atoms with Crippen LogP contribution in [-0.2, 0) is 0 Å². The Kier molecular flexibility index (Phi) is 5.42. The maximum atomic E-state index is 13.9. The Morgan fingerprint density at radius 1 is 0.846 bits per heavy atom. The quantitative estimate of drug-likeness (QED) is 0.204. The second kappa shape index (κ2) is 8.72. The fraction of sp³-hybridized carbons (Fsp3) is 0.222. The van der Waals surface area contributed by atoms with Crippen LogP contribution in [0.3, 0.4) is 0 Å². The van der Waals surface area contributed by atoms with Crippen molar-refractivity contribution in [2.45, 2.75) is 26.7 Å². The number of nitro groups is 2. The Balaban J connectivity index is 1.52. The van der Waals surface area contributed by atoms with Crippen LogP contribution in [0.15, 0.2) is 48.5 Å². The lowest BCUT2D eigenvalue weighted by atomic mass is 9.91. The van der Waals surface area contributed by atoms with Crippen LogP contribution in [0.2, 0.25) is 0 Å². The number of nitro benzene ring substituents is 2. The lowest BCUT2D eigenvalue weighted by Gasteiger charge is -2.29. The highest BCUT2D eigenvalue weighted by molar-refractivity contribution is 6.37. The van der Waals surface area contributed by atoms with Crippen molar-refractivity contribution in [2.75, 3.05) is 22.9 Å². The van der Waals surface area contributed by atoms with E-state index in [1.807, 2.05) is 4.90 Å². The number of anilines is 2. The molecule has 0 bridgehead atoms. The number of aryl methyl sites for hydroxylation is 1. The van der Waals surface area contributed by atoms with Gasteiger partial charge in [0.1, 0.15) is 5.69 Å². The average Bonchev–Trinajstić information content (AvgIpc) is 3.55. The zero-order valence-corrected chi connectivity index (χ0v) is 21.1. The molecule has 1 aromatic heterocycles. The van der Waals surface area contributed by atoms with Gasteiger partial charge in [-0.15, -0.1) is 0 Å². The van der Waals surface area contributed by atoms with Crippen LogP contribution in [0.1, 0.15) is 44.9 Å². The van der Waals surface area contributed by atoms with Crippen LogP contribution in [0.5, 0.6) is 0 Å². The van der Waals surface area contributed by atoms with E-state index in [9.17, 15) is 29.8 Å². The molecule has 39 heavy (non-hydrogen) atoms. The molecule has 0 N–H and O–H groups in total. The molecule has 6 rings (SSSR count). The predicted octanol–water partition coefficient (Wildman–Crippen LogP) is 4.86. The highest BCUT2D eigenvalue weighted by atomic mass is 16.6. The van der Waals surface area contributed by atoms with Crippen molar-refractivity contribution >= 4 is 45.3 Å². The molecule has 0 aliphatic carbocycles. The summed E-state index contributed by atoms with van der Waals surface area (Å²) in [5.41, 5.74) is 2.15. The van der Waals surface area contributed by atoms with Gasteiger partial charge < -0.3 is 4.90 Å². The van der Waals surface area contributed by atoms with Gasteiger partial charge in [-0.25, -0.2) is 9.58 Å². The second-order valence-electron chi connectivity index (χ2n) is 9.62. The van der Waals surface area contributed by atoms with Crippen molar-refractivity contribution in [2.24, 2.45) is 0 Å². The number of non-ortho nitro benzene ring substituents is 1. The average molecular weight is 527 g/mol. The number of rotatable bonds is 5. The summed E-state index contributed by atoms with van der Waals surface area (Å²) in [7, 11) is 0. The minimum atomic E-state index is -0.672. The zero-order valence-electron chi connectivity index (χ0n) is 21.1. The second-order valence-corrected chi connectivity index (χ2v) is 9.62. The Hall–Kier alpha value is -5.13. The molecular weight excluding hydrogens is 504 g/mol. The molecule has 1 saturated heterocycles. The van der Waals surface area contributed by atoms with Crippen molar-refractivity contribution in [1.29, 1.82) is 0 Å². The van der Waals surface area contributed by atoms with Crippen molar-refractivity contribution in [1.82, 2.24) is 9.78 Å². The van der Waals surface area contributed by atoms with Crippen LogP contribution >= 0.6 is 0 Å². The summed E-state index contributed by atoms with van der Waals surface area (Å²) in [5, 5.41) is 28.7. The van der Waals surface area contributed by atoms with Gasteiger partial charge in [-0.3, -0.25) is 29.8 Å². The minimum absolute atomic E-state index is 0.0803. The van der Waals surface area contributed by atoms with E-state index in [-0.39, 0.29) is 28.2 Å². The Bertz CT molecular complexity index is 1740. The Morgan fingerprint density at radius 2 is 1.51 bits per heavy atom. The van der Waals surface area contributed by atoms with E-state index in [0.717, 1.165) is 17.7 Å². The molecule has 0 spiro atoms. The van der Waals surface area contributed by atoms with Gasteiger partial charge >= 0.3 is 0 Å². The zero-order chi connectivity index (χ0) is 27.6. The monoisotopic (exact) mass is 526 g/mol. The summed E-state index contributed by atoms with van der Waals surface area (Å²) >= 11 is 0. The number of amides is 2. The number of benzene rings is 3. The summed E-state index contributed by atoms with van der Waals surface area (Å²) in [6.45, 7) is 4.66. The highest BCUT2D eigenvalue weighted by Gasteiger charge is 2.40. The van der Waals surface area contributed by atoms with Crippen molar-refractivity contribution in [3.8, 4) is 5.69 Å². The molecule has 3 heterocycles. The van der Waals surface area contributed by atoms with Crippen LogP contribution in [0, 0.1) is 34.1 Å². The molecular formula is C27H22N6O6. The molecule has 0 radical (unpaired) electrons. The van der Waals surface area contributed by atoms with Crippen LogP contribution in [0.4, 0.5) is 22.7 Å². The maximum absolute atomic E-state index is 13.9. The summed E-state index contributed by atoms with van der Waals surface area (Å²) in [4.78, 5) is 53.0. The number of nitrogens with zero attached hydrogens (tertiary/aromatic N) is 6. The molecule has 2 aliphatic heterocycles. The number of carbonyl (C=O) groups is 2. The lowest BCUT2D eigenvalue weighted by Crippen LogP contribution is -2.41. The van der Waals surface area contributed by atoms with E-state index in [4.69, 9.17) is 0 Å². The Morgan fingerprint density at radius 3 is 2.15 bits per heavy atom. The van der Waals surface area contributed by atoms with Gasteiger partial charge in [-0.05, 0) is 44.9 Å². The molecule has 0 atom stereocenters. The SMILES string of the molecule is Cc1nn(-c2ccc([N+](=O)[O-])cc2)c(C)c1N1C(=O)c2cccc3c(N4CCCC4)c([N+](=O)[O-])cc(c23)C1=O. The normalized spacial score (nSPS) is 14.9. The number of aromatic nitrogens is 2. The first-order valence-corrected chi connectivity index (χ1v) is 12.4. The molecule has 196 valence electrons. The van der Waals surface area contributed by atoms with E-state index in [1.165, 1.54) is 35.0 Å². The Labute approximate surface area is 221 Å². The van der Waals surface area contributed by atoms with Crippen molar-refractivity contribution in [3.63, 3.8) is 0 Å². The fourth-order valence-electron chi connectivity index (χ4n) is 5.68. The molecule has 2 amide bonds. The predicted molar refractivity (Wildman–Crippen MR) is 143 cm³/mol. The van der Waals surface area contributed by atoms with Gasteiger partial charge in [-0.1, -0.05) is 12.1 Å². The van der Waals surface area contributed by atoms with Gasteiger partial charge in [0.2, 0.25) is 0 Å². The highest BCUT2D eigenvalue weighted by Crippen LogP contribution is 2.44. The van der Waals surface area contributed by atoms with E-state index in [0.29, 0.717) is 46.6 Å². The molecule has 3 aromatic carbocycles. The molecule has 1 fully saturated rings. The largest absolute Gasteiger partial charge is 0.365 e. The topological polar surface area (TPSA) is 145 Å². The minimum Gasteiger partial charge on any atom is -0.365 e. The van der Waals surface area contributed by atoms with Crippen LogP contribution in [0.25, 0.3) is 16.5 Å². The van der Waals surface area contributed by atoms with Gasteiger partial charge in [0.15, 0.2) is 0 Å². The third-order valence-electron chi connectivity index (χ3n) is 7.38. The molecule has 12 heteroatoms. The first-order chi connectivity index (χ1) is 18.7. The summed E-state index contributed by atoms with van der Waals surface area (Å²) in [6, 6.07) is 12.1. The van der Waals surface area contributed by atoms with E-state index in [1.54, 1.807) is 32.0 Å². The van der Waals surface area contributed by atoms with E-state index in [2.05, 4.69) is 5.10 Å². The number of hydrogen-bond donors (Lipinski definition) is 0. The fourth-order valence-corrected chi connectivity index (χ4v) is 5.68. The van der Waals surface area contributed by atoms with Crippen molar-refractivity contribution in [3.05, 3.63) is 91.3 Å². The molecule has 12 nitrogen and oxygen atoms in total. The number of hydrogen-bond acceptors (Lipinski definition) is 8. The van der Waals surface area contributed by atoms with Gasteiger partial charge in [0.25, 0.3) is 23.2 Å². The molecule has 0 unspecified atom stereocenters. The maximum Gasteiger partial charge on any atom is 0.293 e. The standard InChI is InChI=1S/C27H22N6O6/c1-15-24(16(2)31(28-15)17-8-10-18(11-9-17)32(36)37)30-26(34)20-7-5-6-19-23(20)21(27(30)35)14-22(33(38)39)25(19)29-12-3-4-13-29/h5-11,14H,3-4,12-13H2,1-2H3. The molecule has 4 aromatic rings. The summed E-state index contributed by atoms with van der Waals surface area (Å²) in [5.74, 6) is -1.22. The van der Waals surface area contributed by atoms with Gasteiger partial charge in [-0.2, -0.15) is 5.10 Å². The van der Waals surface area contributed by atoms with Crippen molar-refractivity contribution < 1.29 is 19.4 Å². The third kappa shape index (κ3) is 3.55. The summed E-state index contributed by atoms with van der Waals surface area (Å²) < 4.78 is 1.50. The first kappa shape index (κ1) is 24.2. The van der Waals surface area contributed by atoms with Crippen LogP contribution in [-0.4, -0.2) is 44.5 Å². The smallest absolute Gasteiger partial charge is 0.293 e. The van der Waals surface area contributed by atoms with E-state index >= 15 is 0 Å². The van der Waals surface area contributed by atoms with Gasteiger partial charge in [0, 0.05) is 47.6 Å². The molecule has 0 saturated carbocycles. The van der Waals surface area contributed by atoms with Crippen LogP contribution < -0.4 is 9.80 Å². The molecule has 2 aliphatic rings.